The number of H-pyrrole nitrogens is 1. The Labute approximate surface area is 67.7 Å². The molecule has 1 aromatic rings. The average Bonchev–Trinajstić information content (AvgIpc) is 2.48. The number of ether oxygens (including phenoxy) is 1. The van der Waals surface area contributed by atoms with Gasteiger partial charge >= 0.3 is 5.82 Å². The van der Waals surface area contributed by atoms with Crippen molar-refractivity contribution in [2.24, 2.45) is 5.73 Å². The Balaban J connectivity index is 2.70. The standard InChI is InChI=1S/C5H8N4O3/c6-1-2-12-4-3-7-8-5(4)9(10)11/h3H,1-2,6H2,(H,7,8). The Kier molecular flexibility index (Phi) is 2.59. The van der Waals surface area contributed by atoms with Crippen LogP contribution in [-0.2, 0) is 0 Å². The number of nitrogens with one attached hydrogen (secondary N) is 1. The van der Waals surface area contributed by atoms with Crippen LogP contribution < -0.4 is 10.5 Å². The monoisotopic (exact) mass is 172 g/mol. The molecule has 0 amide bonds. The largest absolute Gasteiger partial charge is 0.483 e. The van der Waals surface area contributed by atoms with E-state index in [1.807, 2.05) is 0 Å². The number of aromatic nitrogens is 2. The van der Waals surface area contributed by atoms with Crippen LogP contribution in [-0.4, -0.2) is 28.3 Å². The molecule has 1 heterocycles. The second-order valence-electron chi connectivity index (χ2n) is 1.98. The van der Waals surface area contributed by atoms with Gasteiger partial charge in [0, 0.05) is 6.54 Å². The summed E-state index contributed by atoms with van der Waals surface area (Å²) in [4.78, 5) is 9.67. The van der Waals surface area contributed by atoms with E-state index in [9.17, 15) is 10.1 Å². The topological polar surface area (TPSA) is 107 Å². The zero-order chi connectivity index (χ0) is 8.97. The molecule has 0 fully saturated rings. The summed E-state index contributed by atoms with van der Waals surface area (Å²) in [6.07, 6.45) is 1.24. The first-order valence-electron chi connectivity index (χ1n) is 3.26. The molecule has 3 N–H and O–H groups in total. The fourth-order valence-corrected chi connectivity index (χ4v) is 0.674. The summed E-state index contributed by atoms with van der Waals surface area (Å²) in [6.45, 7) is 0.544. The van der Waals surface area contributed by atoms with Gasteiger partial charge in [-0.05, 0) is 4.92 Å². The van der Waals surface area contributed by atoms with E-state index < -0.39 is 4.92 Å². The van der Waals surface area contributed by atoms with E-state index in [1.165, 1.54) is 6.20 Å². The first kappa shape index (κ1) is 8.47. The molecule has 0 aliphatic rings. The lowest BCUT2D eigenvalue weighted by Crippen LogP contribution is -2.10. The molecule has 0 saturated heterocycles. The molecule has 1 aromatic heterocycles. The van der Waals surface area contributed by atoms with Gasteiger partial charge in [0.25, 0.3) is 0 Å². The number of rotatable bonds is 4. The maximum absolute atomic E-state index is 10.3. The predicted octanol–water partition coefficient (Wildman–Crippen LogP) is -0.345. The first-order chi connectivity index (χ1) is 5.75. The van der Waals surface area contributed by atoms with Gasteiger partial charge in [-0.3, -0.25) is 0 Å². The second kappa shape index (κ2) is 3.67. The molecule has 66 valence electrons. The van der Waals surface area contributed by atoms with Crippen LogP contribution in [0.15, 0.2) is 6.20 Å². The van der Waals surface area contributed by atoms with E-state index in [4.69, 9.17) is 10.5 Å². The highest BCUT2D eigenvalue weighted by atomic mass is 16.6. The number of hydrogen-bond donors (Lipinski definition) is 2. The minimum absolute atomic E-state index is 0.116. The first-order valence-corrected chi connectivity index (χ1v) is 3.26. The smallest absolute Gasteiger partial charge is 0.385 e. The van der Waals surface area contributed by atoms with Gasteiger partial charge in [0.05, 0.1) is 0 Å². The molecule has 0 radical (unpaired) electrons. The Morgan fingerprint density at radius 1 is 1.83 bits per heavy atom. The Bertz CT molecular complexity index is 271. The SMILES string of the molecule is NCCOc1cn[nH]c1[N+](=O)[O-]. The van der Waals surface area contributed by atoms with Crippen LogP contribution in [0.25, 0.3) is 0 Å². The molecule has 0 spiro atoms. The molecular formula is C5H8N4O3. The van der Waals surface area contributed by atoms with Crippen LogP contribution in [0.4, 0.5) is 5.82 Å². The van der Waals surface area contributed by atoms with Crippen molar-refractivity contribution in [3.05, 3.63) is 16.3 Å². The zero-order valence-electron chi connectivity index (χ0n) is 6.19. The normalized spacial score (nSPS) is 9.75. The van der Waals surface area contributed by atoms with Crippen molar-refractivity contribution in [3.8, 4) is 5.75 Å². The van der Waals surface area contributed by atoms with Crippen LogP contribution in [0.1, 0.15) is 0 Å². The minimum atomic E-state index is -0.598. The van der Waals surface area contributed by atoms with E-state index in [2.05, 4.69) is 10.2 Å². The summed E-state index contributed by atoms with van der Waals surface area (Å²) in [5.74, 6) is -0.131. The summed E-state index contributed by atoms with van der Waals surface area (Å²) in [5, 5.41) is 15.9. The van der Waals surface area contributed by atoms with Crippen molar-refractivity contribution in [2.75, 3.05) is 13.2 Å². The number of nitro groups is 1. The van der Waals surface area contributed by atoms with Gasteiger partial charge in [0.15, 0.2) is 0 Å². The lowest BCUT2D eigenvalue weighted by atomic mass is 10.6. The number of nitrogens with two attached hydrogens (primary N) is 1. The predicted molar refractivity (Wildman–Crippen MR) is 39.8 cm³/mol. The maximum Gasteiger partial charge on any atom is 0.385 e. The third kappa shape index (κ3) is 1.70. The summed E-state index contributed by atoms with van der Waals surface area (Å²) in [5.41, 5.74) is 5.15. The molecule has 0 aliphatic carbocycles. The molecule has 0 bridgehead atoms. The van der Waals surface area contributed by atoms with Crippen molar-refractivity contribution in [3.63, 3.8) is 0 Å². The van der Waals surface area contributed by atoms with Gasteiger partial charge in [0.2, 0.25) is 5.75 Å². The number of aromatic amines is 1. The Morgan fingerprint density at radius 2 is 2.58 bits per heavy atom. The molecule has 0 aromatic carbocycles. The van der Waals surface area contributed by atoms with Gasteiger partial charge in [0.1, 0.15) is 12.8 Å². The Hall–Kier alpha value is -1.63. The van der Waals surface area contributed by atoms with Crippen LogP contribution >= 0.6 is 0 Å². The second-order valence-corrected chi connectivity index (χ2v) is 1.98. The van der Waals surface area contributed by atoms with E-state index in [0.717, 1.165) is 0 Å². The quantitative estimate of drug-likeness (QED) is 0.477. The summed E-state index contributed by atoms with van der Waals surface area (Å²) >= 11 is 0. The van der Waals surface area contributed by atoms with Crippen molar-refractivity contribution < 1.29 is 9.66 Å². The van der Waals surface area contributed by atoms with E-state index >= 15 is 0 Å². The van der Waals surface area contributed by atoms with Crippen molar-refractivity contribution in [2.45, 2.75) is 0 Å². The molecule has 0 atom stereocenters. The molecule has 0 aliphatic heterocycles. The van der Waals surface area contributed by atoms with Gasteiger partial charge < -0.3 is 20.6 Å². The summed E-state index contributed by atoms with van der Waals surface area (Å²) in [7, 11) is 0. The van der Waals surface area contributed by atoms with Crippen molar-refractivity contribution >= 4 is 5.82 Å². The number of nitrogens with zero attached hydrogens (tertiary/aromatic N) is 2. The lowest BCUT2D eigenvalue weighted by molar-refractivity contribution is -0.390. The highest BCUT2D eigenvalue weighted by Crippen LogP contribution is 2.21. The molecule has 7 nitrogen and oxygen atoms in total. The Morgan fingerprint density at radius 3 is 3.17 bits per heavy atom. The summed E-state index contributed by atoms with van der Waals surface area (Å²) < 4.78 is 4.93. The molecule has 1 rings (SSSR count). The summed E-state index contributed by atoms with van der Waals surface area (Å²) in [6, 6.07) is 0. The van der Waals surface area contributed by atoms with Crippen LogP contribution in [0, 0.1) is 10.1 Å². The van der Waals surface area contributed by atoms with Gasteiger partial charge in [-0.2, -0.15) is 0 Å². The average molecular weight is 172 g/mol. The van der Waals surface area contributed by atoms with E-state index in [1.54, 1.807) is 0 Å². The molecule has 0 saturated carbocycles. The highest BCUT2D eigenvalue weighted by molar-refractivity contribution is 5.36. The third-order valence-electron chi connectivity index (χ3n) is 1.14. The van der Waals surface area contributed by atoms with Gasteiger partial charge in [-0.15, -0.1) is 5.10 Å². The zero-order valence-corrected chi connectivity index (χ0v) is 6.19. The van der Waals surface area contributed by atoms with Crippen molar-refractivity contribution in [1.29, 1.82) is 0 Å². The third-order valence-corrected chi connectivity index (χ3v) is 1.14. The van der Waals surface area contributed by atoms with Crippen molar-refractivity contribution in [1.82, 2.24) is 10.2 Å². The fraction of sp³-hybridized carbons (Fsp3) is 0.400. The van der Waals surface area contributed by atoms with Crippen LogP contribution in [0.3, 0.4) is 0 Å². The fourth-order valence-electron chi connectivity index (χ4n) is 0.674. The van der Waals surface area contributed by atoms with Crippen LogP contribution in [0.2, 0.25) is 0 Å². The minimum Gasteiger partial charge on any atom is -0.483 e. The number of hydrogen-bond acceptors (Lipinski definition) is 5. The lowest BCUT2D eigenvalue weighted by Gasteiger charge is -1.99. The van der Waals surface area contributed by atoms with Gasteiger partial charge in [-0.25, -0.2) is 0 Å². The van der Waals surface area contributed by atoms with Crippen LogP contribution in [0.5, 0.6) is 5.75 Å². The molecule has 7 heteroatoms. The molecule has 0 unspecified atom stereocenters. The molecule has 12 heavy (non-hydrogen) atoms. The van der Waals surface area contributed by atoms with Gasteiger partial charge in [-0.1, -0.05) is 5.10 Å². The molecular weight excluding hydrogens is 164 g/mol. The van der Waals surface area contributed by atoms with E-state index in [0.29, 0.717) is 6.54 Å². The highest BCUT2D eigenvalue weighted by Gasteiger charge is 2.15. The maximum atomic E-state index is 10.3. The van der Waals surface area contributed by atoms with E-state index in [-0.39, 0.29) is 18.2 Å².